The third-order valence-electron chi connectivity index (χ3n) is 3.09. The van der Waals surface area contributed by atoms with Gasteiger partial charge in [0.05, 0.1) is 0 Å². The van der Waals surface area contributed by atoms with Gasteiger partial charge >= 0.3 is 0 Å². The van der Waals surface area contributed by atoms with Crippen molar-refractivity contribution in [2.45, 2.75) is 38.3 Å². The van der Waals surface area contributed by atoms with E-state index >= 15 is 0 Å². The third-order valence-corrected chi connectivity index (χ3v) is 3.50. The third kappa shape index (κ3) is 2.44. The lowest BCUT2D eigenvalue weighted by Crippen LogP contribution is -2.35. The Balaban J connectivity index is 2.07. The second kappa shape index (κ2) is 4.42. The molecule has 0 aromatic heterocycles. The molecule has 15 heavy (non-hydrogen) atoms. The number of benzene rings is 1. The molecule has 1 fully saturated rings. The van der Waals surface area contributed by atoms with E-state index < -0.39 is 0 Å². The van der Waals surface area contributed by atoms with Gasteiger partial charge in [-0.25, -0.2) is 0 Å². The molecule has 1 saturated carbocycles. The summed E-state index contributed by atoms with van der Waals surface area (Å²) >= 11 is 6.06. The fourth-order valence-corrected chi connectivity index (χ4v) is 2.25. The molecule has 0 spiro atoms. The molecule has 1 aromatic carbocycles. The normalized spacial score (nSPS) is 25.5. The average Bonchev–Trinajstić information content (AvgIpc) is 2.59. The lowest BCUT2D eigenvalue weighted by atomic mass is 10.1. The van der Waals surface area contributed by atoms with Crippen molar-refractivity contribution in [3.8, 4) is 0 Å². The van der Waals surface area contributed by atoms with Gasteiger partial charge in [0.1, 0.15) is 0 Å². The van der Waals surface area contributed by atoms with Crippen molar-refractivity contribution >= 4 is 17.3 Å². The molecule has 0 bridgehead atoms. The topological polar surface area (TPSA) is 38.0 Å². The molecule has 0 unspecified atom stereocenters. The highest BCUT2D eigenvalue weighted by atomic mass is 35.5. The number of nitrogens with one attached hydrogen (secondary N) is 1. The van der Waals surface area contributed by atoms with Crippen LogP contribution in [-0.2, 0) is 0 Å². The van der Waals surface area contributed by atoms with Crippen molar-refractivity contribution in [1.82, 2.24) is 0 Å². The van der Waals surface area contributed by atoms with Gasteiger partial charge in [-0.1, -0.05) is 17.7 Å². The molecule has 0 amide bonds. The first-order valence-electron chi connectivity index (χ1n) is 5.45. The lowest BCUT2D eigenvalue weighted by molar-refractivity contribution is 0.638. The second-order valence-corrected chi connectivity index (χ2v) is 4.72. The monoisotopic (exact) mass is 224 g/mol. The fraction of sp³-hybridized carbons (Fsp3) is 0.500. The summed E-state index contributed by atoms with van der Waals surface area (Å²) in [6.07, 6.45) is 3.50. The van der Waals surface area contributed by atoms with Crippen LogP contribution in [0.25, 0.3) is 0 Å². The van der Waals surface area contributed by atoms with Crippen LogP contribution in [0.4, 0.5) is 5.69 Å². The van der Waals surface area contributed by atoms with Gasteiger partial charge in [0, 0.05) is 22.8 Å². The minimum Gasteiger partial charge on any atom is -0.381 e. The van der Waals surface area contributed by atoms with Gasteiger partial charge in [-0.05, 0) is 43.9 Å². The minimum atomic E-state index is 0.282. The first kappa shape index (κ1) is 10.8. The lowest BCUT2D eigenvalue weighted by Gasteiger charge is -2.18. The standard InChI is InChI=1S/C12H17ClN2/c1-8-5-6-9(7-10(8)13)15-12-4-2-3-11(12)14/h5-7,11-12,15H,2-4,14H2,1H3/t11-,12-/m1/s1. The summed E-state index contributed by atoms with van der Waals surface area (Å²) in [6.45, 7) is 2.01. The number of halogens is 1. The largest absolute Gasteiger partial charge is 0.381 e. The Morgan fingerprint density at radius 3 is 2.80 bits per heavy atom. The predicted octanol–water partition coefficient (Wildman–Crippen LogP) is 2.94. The van der Waals surface area contributed by atoms with Crippen molar-refractivity contribution in [2.75, 3.05) is 5.32 Å². The highest BCUT2D eigenvalue weighted by Crippen LogP contribution is 2.24. The van der Waals surface area contributed by atoms with Crippen LogP contribution in [0.15, 0.2) is 18.2 Å². The van der Waals surface area contributed by atoms with Gasteiger partial charge in [0.2, 0.25) is 0 Å². The highest BCUT2D eigenvalue weighted by Gasteiger charge is 2.23. The van der Waals surface area contributed by atoms with Crippen LogP contribution in [0.3, 0.4) is 0 Å². The first-order valence-corrected chi connectivity index (χ1v) is 5.83. The van der Waals surface area contributed by atoms with Crippen molar-refractivity contribution in [3.63, 3.8) is 0 Å². The summed E-state index contributed by atoms with van der Waals surface area (Å²) in [4.78, 5) is 0. The van der Waals surface area contributed by atoms with Gasteiger partial charge in [-0.3, -0.25) is 0 Å². The van der Waals surface area contributed by atoms with Crippen LogP contribution in [0.5, 0.6) is 0 Å². The van der Waals surface area contributed by atoms with Crippen LogP contribution in [0.2, 0.25) is 5.02 Å². The van der Waals surface area contributed by atoms with E-state index in [0.717, 1.165) is 29.1 Å². The van der Waals surface area contributed by atoms with E-state index in [1.165, 1.54) is 6.42 Å². The van der Waals surface area contributed by atoms with Gasteiger partial charge in [0.25, 0.3) is 0 Å². The summed E-state index contributed by atoms with van der Waals surface area (Å²) in [5.41, 5.74) is 8.19. The summed E-state index contributed by atoms with van der Waals surface area (Å²) in [7, 11) is 0. The average molecular weight is 225 g/mol. The molecule has 3 heteroatoms. The van der Waals surface area contributed by atoms with E-state index in [-0.39, 0.29) is 6.04 Å². The molecular weight excluding hydrogens is 208 g/mol. The minimum absolute atomic E-state index is 0.282. The number of hydrogen-bond acceptors (Lipinski definition) is 2. The second-order valence-electron chi connectivity index (χ2n) is 4.31. The van der Waals surface area contributed by atoms with E-state index in [0.29, 0.717) is 6.04 Å². The molecule has 2 rings (SSSR count). The summed E-state index contributed by atoms with van der Waals surface area (Å²) < 4.78 is 0. The van der Waals surface area contributed by atoms with E-state index in [1.54, 1.807) is 0 Å². The Hall–Kier alpha value is -0.730. The number of hydrogen-bond donors (Lipinski definition) is 2. The van der Waals surface area contributed by atoms with Gasteiger partial charge in [-0.15, -0.1) is 0 Å². The Labute approximate surface area is 95.8 Å². The Morgan fingerprint density at radius 2 is 2.20 bits per heavy atom. The SMILES string of the molecule is Cc1ccc(N[C@@H]2CCC[C@H]2N)cc1Cl. The Morgan fingerprint density at radius 1 is 1.40 bits per heavy atom. The summed E-state index contributed by atoms with van der Waals surface area (Å²) in [6, 6.07) is 6.76. The van der Waals surface area contributed by atoms with E-state index in [1.807, 2.05) is 19.1 Å². The van der Waals surface area contributed by atoms with Crippen LogP contribution < -0.4 is 11.1 Å². The van der Waals surface area contributed by atoms with Gasteiger partial charge < -0.3 is 11.1 Å². The van der Waals surface area contributed by atoms with Crippen LogP contribution in [0, 0.1) is 6.92 Å². The Kier molecular flexibility index (Phi) is 3.17. The van der Waals surface area contributed by atoms with Crippen LogP contribution in [-0.4, -0.2) is 12.1 Å². The molecule has 3 N–H and O–H groups in total. The van der Waals surface area contributed by atoms with Crippen molar-refractivity contribution in [3.05, 3.63) is 28.8 Å². The number of nitrogens with two attached hydrogens (primary N) is 1. The number of aryl methyl sites for hydroxylation is 1. The molecule has 2 atom stereocenters. The summed E-state index contributed by atoms with van der Waals surface area (Å²) in [5, 5.41) is 4.26. The Bertz CT molecular complexity index is 351. The molecule has 1 aromatic rings. The molecule has 0 saturated heterocycles. The molecular formula is C12H17ClN2. The number of anilines is 1. The zero-order valence-electron chi connectivity index (χ0n) is 8.96. The maximum Gasteiger partial charge on any atom is 0.0455 e. The van der Waals surface area contributed by atoms with Crippen molar-refractivity contribution in [1.29, 1.82) is 0 Å². The molecule has 0 radical (unpaired) electrons. The first-order chi connectivity index (χ1) is 7.16. The predicted molar refractivity (Wildman–Crippen MR) is 65.4 cm³/mol. The summed E-state index contributed by atoms with van der Waals surface area (Å²) in [5.74, 6) is 0. The quantitative estimate of drug-likeness (QED) is 0.811. The molecule has 82 valence electrons. The highest BCUT2D eigenvalue weighted by molar-refractivity contribution is 6.31. The van der Waals surface area contributed by atoms with Crippen LogP contribution in [0.1, 0.15) is 24.8 Å². The van der Waals surface area contributed by atoms with Crippen molar-refractivity contribution in [2.24, 2.45) is 5.73 Å². The zero-order valence-corrected chi connectivity index (χ0v) is 9.72. The molecule has 1 aliphatic carbocycles. The van der Waals surface area contributed by atoms with Gasteiger partial charge in [0.15, 0.2) is 0 Å². The van der Waals surface area contributed by atoms with Crippen molar-refractivity contribution < 1.29 is 0 Å². The number of rotatable bonds is 2. The fourth-order valence-electron chi connectivity index (χ4n) is 2.06. The maximum atomic E-state index is 6.06. The molecule has 1 aliphatic rings. The van der Waals surface area contributed by atoms with E-state index in [9.17, 15) is 0 Å². The van der Waals surface area contributed by atoms with Crippen LogP contribution >= 0.6 is 11.6 Å². The molecule has 0 heterocycles. The van der Waals surface area contributed by atoms with Gasteiger partial charge in [-0.2, -0.15) is 0 Å². The van der Waals surface area contributed by atoms with E-state index in [2.05, 4.69) is 11.4 Å². The van der Waals surface area contributed by atoms with E-state index in [4.69, 9.17) is 17.3 Å². The molecule has 0 aliphatic heterocycles. The zero-order chi connectivity index (χ0) is 10.8. The maximum absolute atomic E-state index is 6.06. The smallest absolute Gasteiger partial charge is 0.0455 e. The molecule has 2 nitrogen and oxygen atoms in total.